The van der Waals surface area contributed by atoms with E-state index in [4.69, 9.17) is 21.8 Å². The van der Waals surface area contributed by atoms with Crippen molar-refractivity contribution in [3.05, 3.63) is 47.5 Å². The lowest BCUT2D eigenvalue weighted by Gasteiger charge is -2.06. The van der Waals surface area contributed by atoms with Crippen LogP contribution in [0, 0.1) is 0 Å². The number of anilines is 1. The molecule has 3 rings (SSSR count). The largest absolute Gasteiger partial charge is 0.436 e. The van der Waals surface area contributed by atoms with Crippen molar-refractivity contribution in [1.82, 2.24) is 4.98 Å². The summed E-state index contributed by atoms with van der Waals surface area (Å²) in [4.78, 5) is 16.0. The van der Waals surface area contributed by atoms with Crippen LogP contribution in [0.2, 0.25) is 5.02 Å². The summed E-state index contributed by atoms with van der Waals surface area (Å²) in [6, 6.07) is 11.9. The predicted molar refractivity (Wildman–Crippen MR) is 86.7 cm³/mol. The standard InChI is InChI=1S/C16H14ClN3O2/c1-9(18)15(21)19-12-6-7-14-13(8-12)20-16(22-14)10-2-4-11(17)5-3-10/h2-9H,18H2,1H3,(H,19,21)/t9-/m0/s1. The fourth-order valence-electron chi connectivity index (χ4n) is 1.98. The van der Waals surface area contributed by atoms with Gasteiger partial charge in [-0.3, -0.25) is 4.79 Å². The summed E-state index contributed by atoms with van der Waals surface area (Å²) in [5.41, 5.74) is 8.30. The predicted octanol–water partition coefficient (Wildman–Crippen LogP) is 3.43. The molecule has 0 saturated heterocycles. The van der Waals surface area contributed by atoms with Crippen LogP contribution < -0.4 is 11.1 Å². The Morgan fingerprint density at radius 3 is 2.68 bits per heavy atom. The van der Waals surface area contributed by atoms with E-state index in [1.165, 1.54) is 0 Å². The molecule has 0 unspecified atom stereocenters. The Hall–Kier alpha value is -2.37. The van der Waals surface area contributed by atoms with E-state index in [-0.39, 0.29) is 5.91 Å². The van der Waals surface area contributed by atoms with E-state index in [9.17, 15) is 4.79 Å². The van der Waals surface area contributed by atoms with E-state index >= 15 is 0 Å². The molecule has 0 spiro atoms. The molecule has 0 bridgehead atoms. The maximum absolute atomic E-state index is 11.6. The van der Waals surface area contributed by atoms with Gasteiger partial charge in [0.25, 0.3) is 0 Å². The molecule has 3 aromatic rings. The second kappa shape index (κ2) is 5.79. The van der Waals surface area contributed by atoms with E-state index in [0.29, 0.717) is 27.7 Å². The quantitative estimate of drug-likeness (QED) is 0.775. The monoisotopic (exact) mass is 315 g/mol. The van der Waals surface area contributed by atoms with E-state index in [1.54, 1.807) is 37.3 Å². The summed E-state index contributed by atoms with van der Waals surface area (Å²) in [7, 11) is 0. The number of carbonyl (C=O) groups is 1. The summed E-state index contributed by atoms with van der Waals surface area (Å²) in [5.74, 6) is 0.253. The zero-order valence-corrected chi connectivity index (χ0v) is 12.6. The number of hydrogen-bond acceptors (Lipinski definition) is 4. The van der Waals surface area contributed by atoms with Crippen molar-refractivity contribution in [3.63, 3.8) is 0 Å². The third kappa shape index (κ3) is 2.95. The van der Waals surface area contributed by atoms with Gasteiger partial charge in [-0.2, -0.15) is 0 Å². The lowest BCUT2D eigenvalue weighted by atomic mass is 10.2. The number of benzene rings is 2. The molecule has 0 radical (unpaired) electrons. The first-order valence-corrected chi connectivity index (χ1v) is 7.14. The Bertz CT molecular complexity index is 825. The molecule has 5 nitrogen and oxygen atoms in total. The van der Waals surface area contributed by atoms with Crippen LogP contribution in [0.25, 0.3) is 22.6 Å². The van der Waals surface area contributed by atoms with Gasteiger partial charge >= 0.3 is 0 Å². The number of rotatable bonds is 3. The van der Waals surface area contributed by atoms with Gasteiger partial charge < -0.3 is 15.5 Å². The molecule has 3 N–H and O–H groups in total. The Labute approximate surface area is 132 Å². The minimum atomic E-state index is -0.572. The molecule has 0 aliphatic carbocycles. The SMILES string of the molecule is C[C@H](N)C(=O)Nc1ccc2oc(-c3ccc(Cl)cc3)nc2c1. The van der Waals surface area contributed by atoms with Gasteiger partial charge in [-0.1, -0.05) is 11.6 Å². The van der Waals surface area contributed by atoms with Crippen LogP contribution in [0.3, 0.4) is 0 Å². The Balaban J connectivity index is 1.93. The summed E-state index contributed by atoms with van der Waals surface area (Å²) < 4.78 is 5.71. The molecule has 1 heterocycles. The van der Waals surface area contributed by atoms with Crippen molar-refractivity contribution in [1.29, 1.82) is 0 Å². The van der Waals surface area contributed by atoms with Crippen LogP contribution in [0.15, 0.2) is 46.9 Å². The first-order valence-electron chi connectivity index (χ1n) is 6.76. The molecular weight excluding hydrogens is 302 g/mol. The number of aromatic nitrogens is 1. The first kappa shape index (κ1) is 14.6. The van der Waals surface area contributed by atoms with Crippen molar-refractivity contribution in [2.24, 2.45) is 5.73 Å². The van der Waals surface area contributed by atoms with Gasteiger partial charge in [0, 0.05) is 16.3 Å². The van der Waals surface area contributed by atoms with Gasteiger partial charge in [0.1, 0.15) is 5.52 Å². The van der Waals surface area contributed by atoms with Crippen LogP contribution in [0.4, 0.5) is 5.69 Å². The number of hydrogen-bond donors (Lipinski definition) is 2. The normalized spacial score (nSPS) is 12.3. The van der Waals surface area contributed by atoms with Crippen LogP contribution in [0.1, 0.15) is 6.92 Å². The number of fused-ring (bicyclic) bond motifs is 1. The summed E-state index contributed by atoms with van der Waals surface area (Å²) in [5, 5.41) is 3.38. The van der Waals surface area contributed by atoms with Gasteiger partial charge in [-0.15, -0.1) is 0 Å². The molecule has 0 saturated carbocycles. The second-order valence-electron chi connectivity index (χ2n) is 4.99. The molecular formula is C16H14ClN3O2. The third-order valence-corrected chi connectivity index (χ3v) is 3.41. The molecule has 1 aromatic heterocycles. The highest BCUT2D eigenvalue weighted by Crippen LogP contribution is 2.27. The maximum atomic E-state index is 11.6. The van der Waals surface area contributed by atoms with E-state index in [1.807, 2.05) is 12.1 Å². The fraction of sp³-hybridized carbons (Fsp3) is 0.125. The zero-order chi connectivity index (χ0) is 15.7. The van der Waals surface area contributed by atoms with Crippen LogP contribution in [-0.2, 0) is 4.79 Å². The number of nitrogens with zero attached hydrogens (tertiary/aromatic N) is 1. The Kier molecular flexibility index (Phi) is 3.83. The topological polar surface area (TPSA) is 81.2 Å². The molecule has 0 fully saturated rings. The van der Waals surface area contributed by atoms with Gasteiger partial charge in [-0.05, 0) is 49.4 Å². The Morgan fingerprint density at radius 1 is 1.27 bits per heavy atom. The van der Waals surface area contributed by atoms with Gasteiger partial charge in [-0.25, -0.2) is 4.98 Å². The maximum Gasteiger partial charge on any atom is 0.240 e. The summed E-state index contributed by atoms with van der Waals surface area (Å²) in [6.45, 7) is 1.63. The molecule has 22 heavy (non-hydrogen) atoms. The van der Waals surface area contributed by atoms with Crippen molar-refractivity contribution < 1.29 is 9.21 Å². The molecule has 6 heteroatoms. The van der Waals surface area contributed by atoms with Crippen LogP contribution in [0.5, 0.6) is 0 Å². The Morgan fingerprint density at radius 2 is 2.00 bits per heavy atom. The van der Waals surface area contributed by atoms with Gasteiger partial charge in [0.05, 0.1) is 6.04 Å². The van der Waals surface area contributed by atoms with Crippen molar-refractivity contribution in [2.45, 2.75) is 13.0 Å². The van der Waals surface area contributed by atoms with Crippen molar-refractivity contribution >= 4 is 34.3 Å². The number of carbonyl (C=O) groups excluding carboxylic acids is 1. The number of halogens is 1. The first-order chi connectivity index (χ1) is 10.5. The fourth-order valence-corrected chi connectivity index (χ4v) is 2.10. The number of oxazole rings is 1. The highest BCUT2D eigenvalue weighted by Gasteiger charge is 2.11. The summed E-state index contributed by atoms with van der Waals surface area (Å²) in [6.07, 6.45) is 0. The zero-order valence-electron chi connectivity index (χ0n) is 11.8. The van der Waals surface area contributed by atoms with E-state index in [2.05, 4.69) is 10.3 Å². The molecule has 112 valence electrons. The lowest BCUT2D eigenvalue weighted by molar-refractivity contribution is -0.117. The van der Waals surface area contributed by atoms with E-state index in [0.717, 1.165) is 5.56 Å². The van der Waals surface area contributed by atoms with Crippen molar-refractivity contribution in [3.8, 4) is 11.5 Å². The highest BCUT2D eigenvalue weighted by molar-refractivity contribution is 6.30. The highest BCUT2D eigenvalue weighted by atomic mass is 35.5. The second-order valence-corrected chi connectivity index (χ2v) is 5.42. The van der Waals surface area contributed by atoms with Gasteiger partial charge in [0.15, 0.2) is 5.58 Å². The average Bonchev–Trinajstić information content (AvgIpc) is 2.91. The molecule has 1 amide bonds. The van der Waals surface area contributed by atoms with E-state index < -0.39 is 6.04 Å². The number of nitrogens with one attached hydrogen (secondary N) is 1. The molecule has 2 aromatic carbocycles. The van der Waals surface area contributed by atoms with Crippen LogP contribution in [-0.4, -0.2) is 16.9 Å². The smallest absolute Gasteiger partial charge is 0.240 e. The molecule has 0 aliphatic heterocycles. The van der Waals surface area contributed by atoms with Crippen LogP contribution >= 0.6 is 11.6 Å². The molecule has 1 atom stereocenters. The number of nitrogens with two attached hydrogens (primary N) is 1. The minimum absolute atomic E-state index is 0.249. The minimum Gasteiger partial charge on any atom is -0.436 e. The summed E-state index contributed by atoms with van der Waals surface area (Å²) >= 11 is 5.87. The molecule has 0 aliphatic rings. The third-order valence-electron chi connectivity index (χ3n) is 3.16. The average molecular weight is 316 g/mol. The van der Waals surface area contributed by atoms with Crippen molar-refractivity contribution in [2.75, 3.05) is 5.32 Å². The lowest BCUT2D eigenvalue weighted by Crippen LogP contribution is -2.32. The number of amides is 1. The van der Waals surface area contributed by atoms with Gasteiger partial charge in [0.2, 0.25) is 11.8 Å².